The molecule has 14 heteroatoms. The smallest absolute Gasteiger partial charge is 0.299 e. The minimum absolute atomic E-state index is 0.0540. The third kappa shape index (κ3) is 9.33. The number of nitrogens with one attached hydrogen (secondary N) is 3. The molecule has 0 saturated carbocycles. The first-order chi connectivity index (χ1) is 16.1. The van der Waals surface area contributed by atoms with Gasteiger partial charge in [-0.05, 0) is 51.1 Å². The molecule has 1 aromatic carbocycles. The summed E-state index contributed by atoms with van der Waals surface area (Å²) < 4.78 is 0. The number of nitro groups is 2. The zero-order valence-corrected chi connectivity index (χ0v) is 20.4. The SMILES string of the molecule is CCCCN(CCCC)C[C@@H](C(=O)Nc1ccc([N+](=O)[O-])cc1[N+](=O)[O-])/C(C)=N/NC(=S)NN. The molecule has 1 aromatic rings. The third-order valence-electron chi connectivity index (χ3n) is 5.03. The van der Waals surface area contributed by atoms with E-state index in [9.17, 15) is 25.0 Å². The number of non-ortho nitro benzene ring substituents is 1. The van der Waals surface area contributed by atoms with Crippen molar-refractivity contribution in [1.29, 1.82) is 0 Å². The molecule has 34 heavy (non-hydrogen) atoms. The van der Waals surface area contributed by atoms with E-state index in [1.54, 1.807) is 6.92 Å². The molecule has 1 atom stereocenters. The molecule has 1 rings (SSSR count). The zero-order valence-electron chi connectivity index (χ0n) is 19.6. The van der Waals surface area contributed by atoms with Gasteiger partial charge in [-0.15, -0.1) is 0 Å². The van der Waals surface area contributed by atoms with E-state index in [0.717, 1.165) is 57.0 Å². The van der Waals surface area contributed by atoms with Gasteiger partial charge in [0.1, 0.15) is 5.69 Å². The van der Waals surface area contributed by atoms with Crippen molar-refractivity contribution < 1.29 is 14.6 Å². The van der Waals surface area contributed by atoms with Crippen LogP contribution in [0.15, 0.2) is 23.3 Å². The predicted molar refractivity (Wildman–Crippen MR) is 134 cm³/mol. The molecule has 0 heterocycles. The van der Waals surface area contributed by atoms with Crippen LogP contribution in [-0.4, -0.2) is 51.1 Å². The fourth-order valence-electron chi connectivity index (χ4n) is 3.08. The maximum absolute atomic E-state index is 13.3. The van der Waals surface area contributed by atoms with Crippen LogP contribution in [0.2, 0.25) is 0 Å². The minimum atomic E-state index is -0.781. The van der Waals surface area contributed by atoms with E-state index in [0.29, 0.717) is 12.3 Å². The lowest BCUT2D eigenvalue weighted by Gasteiger charge is -2.27. The number of amides is 1. The van der Waals surface area contributed by atoms with Crippen molar-refractivity contribution in [2.75, 3.05) is 25.0 Å². The van der Waals surface area contributed by atoms with Crippen LogP contribution in [0.25, 0.3) is 0 Å². The van der Waals surface area contributed by atoms with Gasteiger partial charge in [-0.1, -0.05) is 26.7 Å². The molecule has 0 aliphatic carbocycles. The highest BCUT2D eigenvalue weighted by molar-refractivity contribution is 7.80. The fourth-order valence-corrected chi connectivity index (χ4v) is 3.13. The van der Waals surface area contributed by atoms with Gasteiger partial charge in [0.05, 0.1) is 21.8 Å². The summed E-state index contributed by atoms with van der Waals surface area (Å²) in [6, 6.07) is 3.06. The van der Waals surface area contributed by atoms with Gasteiger partial charge in [0, 0.05) is 18.3 Å². The summed E-state index contributed by atoms with van der Waals surface area (Å²) in [6.07, 6.45) is 3.86. The van der Waals surface area contributed by atoms with E-state index < -0.39 is 33.0 Å². The highest BCUT2D eigenvalue weighted by Crippen LogP contribution is 2.29. The number of nitrogens with two attached hydrogens (primary N) is 1. The van der Waals surface area contributed by atoms with Gasteiger partial charge in [0.15, 0.2) is 0 Å². The van der Waals surface area contributed by atoms with Gasteiger partial charge in [-0.2, -0.15) is 5.10 Å². The van der Waals surface area contributed by atoms with Crippen LogP contribution >= 0.6 is 12.2 Å². The van der Waals surface area contributed by atoms with Gasteiger partial charge in [0.25, 0.3) is 11.4 Å². The van der Waals surface area contributed by atoms with E-state index in [1.165, 1.54) is 0 Å². The quantitative estimate of drug-likeness (QED) is 0.0982. The van der Waals surface area contributed by atoms with Gasteiger partial charge >= 0.3 is 0 Å². The average Bonchev–Trinajstić information content (AvgIpc) is 2.81. The molecule has 0 saturated heterocycles. The molecule has 0 spiro atoms. The number of hydrazone groups is 1. The Bertz CT molecular complexity index is 903. The number of benzene rings is 1. The van der Waals surface area contributed by atoms with Crippen molar-refractivity contribution in [2.24, 2.45) is 16.9 Å². The molecule has 5 N–H and O–H groups in total. The first kappa shape index (κ1) is 28.8. The van der Waals surface area contributed by atoms with E-state index in [-0.39, 0.29) is 10.8 Å². The molecule has 0 unspecified atom stereocenters. The van der Waals surface area contributed by atoms with Crippen molar-refractivity contribution in [3.05, 3.63) is 38.4 Å². The standard InChI is InChI=1S/C20H32N8O5S/c1-4-6-10-26(11-7-5-2)13-16(14(3)24-25-20(34)23-21)19(29)22-17-9-8-15(27(30)31)12-18(17)28(32)33/h8-9,12,16H,4-7,10-11,13,21H2,1-3H3,(H,22,29)(H2,23,25,34)/b24-14+/t16-/m1/s1. The van der Waals surface area contributed by atoms with Gasteiger partial charge < -0.3 is 10.2 Å². The number of hydrazine groups is 1. The van der Waals surface area contributed by atoms with Crippen LogP contribution in [-0.2, 0) is 4.79 Å². The van der Waals surface area contributed by atoms with Crippen LogP contribution in [0.1, 0.15) is 46.5 Å². The maximum atomic E-state index is 13.3. The van der Waals surface area contributed by atoms with E-state index in [2.05, 4.69) is 40.0 Å². The highest BCUT2D eigenvalue weighted by Gasteiger charge is 2.28. The second-order valence-corrected chi connectivity index (χ2v) is 8.01. The predicted octanol–water partition coefficient (Wildman–Crippen LogP) is 2.67. The number of rotatable bonds is 14. The van der Waals surface area contributed by atoms with Crippen molar-refractivity contribution in [3.8, 4) is 0 Å². The molecule has 0 bridgehead atoms. The van der Waals surface area contributed by atoms with E-state index >= 15 is 0 Å². The van der Waals surface area contributed by atoms with Crippen LogP contribution < -0.4 is 22.0 Å². The molecule has 0 aliphatic rings. The summed E-state index contributed by atoms with van der Waals surface area (Å²) in [6.45, 7) is 7.67. The van der Waals surface area contributed by atoms with Gasteiger partial charge in [-0.3, -0.25) is 35.9 Å². The number of anilines is 1. The maximum Gasteiger partial charge on any atom is 0.299 e. The van der Waals surface area contributed by atoms with Crippen LogP contribution in [0.4, 0.5) is 17.1 Å². The van der Waals surface area contributed by atoms with Crippen LogP contribution in [0.5, 0.6) is 0 Å². The number of nitrogens with zero attached hydrogens (tertiary/aromatic N) is 4. The third-order valence-corrected chi connectivity index (χ3v) is 5.24. The largest absolute Gasteiger partial charge is 0.320 e. The van der Waals surface area contributed by atoms with Crippen molar-refractivity contribution in [1.82, 2.24) is 15.8 Å². The second kappa shape index (κ2) is 14.8. The van der Waals surface area contributed by atoms with Crippen LogP contribution in [0.3, 0.4) is 0 Å². The number of hydrogen-bond donors (Lipinski definition) is 4. The number of carbonyl (C=O) groups is 1. The molecule has 0 aromatic heterocycles. The Morgan fingerprint density at radius 1 is 1.18 bits per heavy atom. The lowest BCUT2D eigenvalue weighted by atomic mass is 10.0. The summed E-state index contributed by atoms with van der Waals surface area (Å²) in [5.41, 5.74) is 4.00. The van der Waals surface area contributed by atoms with Crippen molar-refractivity contribution in [2.45, 2.75) is 46.5 Å². The Labute approximate surface area is 203 Å². The Morgan fingerprint density at radius 3 is 2.29 bits per heavy atom. The average molecular weight is 497 g/mol. The number of nitro benzene ring substituents is 2. The first-order valence-electron chi connectivity index (χ1n) is 10.9. The van der Waals surface area contributed by atoms with Crippen LogP contribution in [0, 0.1) is 26.1 Å². The summed E-state index contributed by atoms with van der Waals surface area (Å²) in [5, 5.41) is 29.2. The number of carbonyl (C=O) groups excluding carboxylic acids is 1. The molecule has 0 radical (unpaired) electrons. The number of thiocarbonyl (C=S) groups is 1. The topological polar surface area (TPSA) is 181 Å². The summed E-state index contributed by atoms with van der Waals surface area (Å²) in [5.74, 6) is 3.92. The molecule has 0 fully saturated rings. The summed E-state index contributed by atoms with van der Waals surface area (Å²) in [4.78, 5) is 36.4. The molecule has 13 nitrogen and oxygen atoms in total. The molecule has 188 valence electrons. The molecular weight excluding hydrogens is 464 g/mol. The van der Waals surface area contributed by atoms with Crippen molar-refractivity contribution >= 4 is 46.0 Å². The lowest BCUT2D eigenvalue weighted by molar-refractivity contribution is -0.393. The molecular formula is C20H32N8O5S. The monoisotopic (exact) mass is 496 g/mol. The Balaban J connectivity index is 3.26. The Morgan fingerprint density at radius 2 is 1.79 bits per heavy atom. The summed E-state index contributed by atoms with van der Waals surface area (Å²) >= 11 is 4.92. The number of hydrogen-bond acceptors (Lipinski definition) is 9. The van der Waals surface area contributed by atoms with Crippen molar-refractivity contribution in [3.63, 3.8) is 0 Å². The van der Waals surface area contributed by atoms with Gasteiger partial charge in [-0.25, -0.2) is 5.84 Å². The first-order valence-corrected chi connectivity index (χ1v) is 11.3. The zero-order chi connectivity index (χ0) is 25.7. The van der Waals surface area contributed by atoms with Gasteiger partial charge in [0.2, 0.25) is 11.0 Å². The lowest BCUT2D eigenvalue weighted by Crippen LogP contribution is -2.42. The molecule has 1 amide bonds. The number of unbranched alkanes of at least 4 members (excludes halogenated alkanes) is 2. The fraction of sp³-hybridized carbons (Fsp3) is 0.550. The van der Waals surface area contributed by atoms with E-state index in [4.69, 9.17) is 18.1 Å². The normalized spacial score (nSPS) is 12.2. The Hall–Kier alpha value is -3.23. The summed E-state index contributed by atoms with van der Waals surface area (Å²) in [7, 11) is 0. The highest BCUT2D eigenvalue weighted by atomic mass is 32.1. The second-order valence-electron chi connectivity index (χ2n) is 7.60. The molecule has 0 aliphatic heterocycles. The minimum Gasteiger partial charge on any atom is -0.320 e. The Kier molecular flexibility index (Phi) is 12.6. The van der Waals surface area contributed by atoms with E-state index in [1.807, 2.05) is 0 Å².